The number of fused-ring (bicyclic) bond motifs is 1. The van der Waals surface area contributed by atoms with E-state index in [-0.39, 0.29) is 29.9 Å². The van der Waals surface area contributed by atoms with Crippen molar-refractivity contribution in [3.8, 4) is 5.75 Å². The van der Waals surface area contributed by atoms with Crippen molar-refractivity contribution in [2.75, 3.05) is 6.61 Å². The van der Waals surface area contributed by atoms with E-state index in [0.29, 0.717) is 18.9 Å². The van der Waals surface area contributed by atoms with Gasteiger partial charge in [-0.3, -0.25) is 9.59 Å². The molecule has 1 unspecified atom stereocenters. The van der Waals surface area contributed by atoms with Crippen molar-refractivity contribution in [2.24, 2.45) is 0 Å². The van der Waals surface area contributed by atoms with E-state index >= 15 is 0 Å². The van der Waals surface area contributed by atoms with Gasteiger partial charge in [-0.25, -0.2) is 4.68 Å². The third-order valence-electron chi connectivity index (χ3n) is 4.74. The van der Waals surface area contributed by atoms with Crippen molar-refractivity contribution >= 4 is 11.8 Å². The highest BCUT2D eigenvalue weighted by atomic mass is 16.5. The predicted octanol–water partition coefficient (Wildman–Crippen LogP) is 2.09. The van der Waals surface area contributed by atoms with Gasteiger partial charge in [-0.05, 0) is 18.6 Å². The fraction of sp³-hybridized carbons (Fsp3) is 0.238. The van der Waals surface area contributed by atoms with Crippen LogP contribution in [0.25, 0.3) is 0 Å². The fourth-order valence-electron chi connectivity index (χ4n) is 3.34. The summed E-state index contributed by atoms with van der Waals surface area (Å²) >= 11 is 0. The third-order valence-corrected chi connectivity index (χ3v) is 4.74. The van der Waals surface area contributed by atoms with Gasteiger partial charge in [0.2, 0.25) is 0 Å². The molecule has 0 spiro atoms. The zero-order chi connectivity index (χ0) is 20.2. The summed E-state index contributed by atoms with van der Waals surface area (Å²) in [5.41, 5.74) is 2.01. The summed E-state index contributed by atoms with van der Waals surface area (Å²) in [4.78, 5) is 25.3. The van der Waals surface area contributed by atoms with E-state index in [1.54, 1.807) is 0 Å². The minimum Gasteiger partial charge on any atom is -0.494 e. The number of nitrogens with one attached hydrogen (secondary N) is 2. The van der Waals surface area contributed by atoms with Gasteiger partial charge < -0.3 is 15.4 Å². The van der Waals surface area contributed by atoms with Crippen LogP contribution in [0.4, 0.5) is 0 Å². The Balaban J connectivity index is 1.49. The Labute approximate surface area is 167 Å². The van der Waals surface area contributed by atoms with Gasteiger partial charge in [0.1, 0.15) is 5.75 Å². The van der Waals surface area contributed by atoms with Crippen LogP contribution < -0.4 is 15.4 Å². The average Bonchev–Trinajstić information content (AvgIpc) is 3.18. The highest BCUT2D eigenvalue weighted by Crippen LogP contribution is 2.22. The predicted molar refractivity (Wildman–Crippen MR) is 105 cm³/mol. The Morgan fingerprint density at radius 2 is 1.97 bits per heavy atom. The Hall–Kier alpha value is -3.68. The molecule has 4 rings (SSSR count). The highest BCUT2D eigenvalue weighted by molar-refractivity contribution is 6.05. The summed E-state index contributed by atoms with van der Waals surface area (Å²) in [5.74, 6) is -0.107. The number of nitrogens with zero attached hydrogens (tertiary/aromatic N) is 3. The van der Waals surface area contributed by atoms with Gasteiger partial charge in [0.15, 0.2) is 11.4 Å². The molecule has 2 N–H and O–H groups in total. The molecule has 0 saturated carbocycles. The first-order chi connectivity index (χ1) is 14.2. The van der Waals surface area contributed by atoms with Gasteiger partial charge in [-0.1, -0.05) is 53.7 Å². The number of aromatic nitrogens is 3. The molecular weight excluding hydrogens is 370 g/mol. The number of amides is 2. The van der Waals surface area contributed by atoms with Crippen LogP contribution in [-0.2, 0) is 13.1 Å². The summed E-state index contributed by atoms with van der Waals surface area (Å²) in [7, 11) is 0. The average molecular weight is 391 g/mol. The van der Waals surface area contributed by atoms with Crippen LogP contribution in [-0.4, -0.2) is 33.4 Å². The molecule has 2 heterocycles. The smallest absolute Gasteiger partial charge is 0.274 e. The molecule has 2 aromatic carbocycles. The standard InChI is InChI=1S/C21H21N5O3/c1-2-29-17-11-7-6-10-15(17)12-22-20(27)18-19-21(28)23-16(13-26(19)25-24-18)14-8-4-3-5-9-14/h3-11,16H,2,12-13H2,1H3,(H,22,27)(H,23,28). The molecule has 0 saturated heterocycles. The summed E-state index contributed by atoms with van der Waals surface area (Å²) in [6.45, 7) is 3.11. The third kappa shape index (κ3) is 3.82. The van der Waals surface area contributed by atoms with E-state index in [9.17, 15) is 9.59 Å². The maximum Gasteiger partial charge on any atom is 0.274 e. The number of hydrogen-bond donors (Lipinski definition) is 2. The maximum atomic E-state index is 12.7. The molecule has 29 heavy (non-hydrogen) atoms. The number of ether oxygens (including phenoxy) is 1. The fourth-order valence-corrected chi connectivity index (χ4v) is 3.34. The van der Waals surface area contributed by atoms with Crippen molar-refractivity contribution in [3.05, 3.63) is 77.1 Å². The normalized spacial score (nSPS) is 15.3. The van der Waals surface area contributed by atoms with Gasteiger partial charge in [-0.15, -0.1) is 5.10 Å². The van der Waals surface area contributed by atoms with E-state index in [1.807, 2.05) is 61.5 Å². The lowest BCUT2D eigenvalue weighted by atomic mass is 10.0. The molecule has 3 aromatic rings. The Morgan fingerprint density at radius 3 is 2.76 bits per heavy atom. The van der Waals surface area contributed by atoms with Gasteiger partial charge >= 0.3 is 0 Å². The van der Waals surface area contributed by atoms with Crippen molar-refractivity contribution in [1.82, 2.24) is 25.6 Å². The van der Waals surface area contributed by atoms with Crippen LogP contribution in [0.5, 0.6) is 5.75 Å². The molecule has 1 atom stereocenters. The molecule has 0 bridgehead atoms. The lowest BCUT2D eigenvalue weighted by Crippen LogP contribution is -2.40. The first-order valence-electron chi connectivity index (χ1n) is 9.45. The van der Waals surface area contributed by atoms with Gasteiger partial charge in [0.25, 0.3) is 11.8 Å². The minimum absolute atomic E-state index is 0.0166. The largest absolute Gasteiger partial charge is 0.494 e. The summed E-state index contributed by atoms with van der Waals surface area (Å²) in [6.07, 6.45) is 0. The molecule has 1 aliphatic rings. The van der Waals surface area contributed by atoms with Crippen molar-refractivity contribution in [2.45, 2.75) is 26.1 Å². The van der Waals surface area contributed by atoms with Crippen LogP contribution in [0, 0.1) is 0 Å². The molecule has 0 aliphatic carbocycles. The molecule has 0 radical (unpaired) electrons. The van der Waals surface area contributed by atoms with E-state index in [1.165, 1.54) is 4.68 Å². The molecule has 8 heteroatoms. The molecule has 0 fully saturated rings. The summed E-state index contributed by atoms with van der Waals surface area (Å²) in [6, 6.07) is 16.9. The van der Waals surface area contributed by atoms with Crippen LogP contribution in [0.2, 0.25) is 0 Å². The molecule has 8 nitrogen and oxygen atoms in total. The second-order valence-corrected chi connectivity index (χ2v) is 6.63. The van der Waals surface area contributed by atoms with Crippen molar-refractivity contribution in [3.63, 3.8) is 0 Å². The Kier molecular flexibility index (Phi) is 5.24. The highest BCUT2D eigenvalue weighted by Gasteiger charge is 2.32. The number of hydrogen-bond acceptors (Lipinski definition) is 5. The van der Waals surface area contributed by atoms with Crippen LogP contribution in [0.1, 0.15) is 45.1 Å². The number of benzene rings is 2. The van der Waals surface area contributed by atoms with Crippen LogP contribution >= 0.6 is 0 Å². The first-order valence-corrected chi connectivity index (χ1v) is 9.45. The molecule has 1 aromatic heterocycles. The van der Waals surface area contributed by atoms with Gasteiger partial charge in [0.05, 0.1) is 19.2 Å². The quantitative estimate of drug-likeness (QED) is 0.671. The number of para-hydroxylation sites is 1. The molecule has 1 aliphatic heterocycles. The lowest BCUT2D eigenvalue weighted by Gasteiger charge is -2.24. The maximum absolute atomic E-state index is 12.7. The van der Waals surface area contributed by atoms with Crippen LogP contribution in [0.3, 0.4) is 0 Å². The Bertz CT molecular complexity index is 1030. The monoisotopic (exact) mass is 391 g/mol. The van der Waals surface area contributed by atoms with E-state index in [0.717, 1.165) is 11.1 Å². The van der Waals surface area contributed by atoms with Gasteiger partial charge in [0, 0.05) is 12.1 Å². The Morgan fingerprint density at radius 1 is 1.21 bits per heavy atom. The SMILES string of the molecule is CCOc1ccccc1CNC(=O)c1nnn2c1C(=O)NC(c1ccccc1)C2. The second kappa shape index (κ2) is 8.14. The zero-order valence-corrected chi connectivity index (χ0v) is 16.0. The zero-order valence-electron chi connectivity index (χ0n) is 16.0. The van der Waals surface area contributed by atoms with Crippen molar-refractivity contribution in [1.29, 1.82) is 0 Å². The molecule has 148 valence electrons. The number of carbonyl (C=O) groups is 2. The summed E-state index contributed by atoms with van der Waals surface area (Å²) < 4.78 is 7.06. The number of carbonyl (C=O) groups excluding carboxylic acids is 2. The van der Waals surface area contributed by atoms with Crippen molar-refractivity contribution < 1.29 is 14.3 Å². The second-order valence-electron chi connectivity index (χ2n) is 6.63. The van der Waals surface area contributed by atoms with Crippen LogP contribution in [0.15, 0.2) is 54.6 Å². The molecular formula is C21H21N5O3. The van der Waals surface area contributed by atoms with E-state index < -0.39 is 5.91 Å². The van der Waals surface area contributed by atoms with Gasteiger partial charge in [-0.2, -0.15) is 0 Å². The topological polar surface area (TPSA) is 98.1 Å². The van der Waals surface area contributed by atoms with E-state index in [4.69, 9.17) is 4.74 Å². The minimum atomic E-state index is -0.453. The van der Waals surface area contributed by atoms with E-state index in [2.05, 4.69) is 20.9 Å². The summed E-state index contributed by atoms with van der Waals surface area (Å²) in [5, 5.41) is 13.7. The first kappa shape index (κ1) is 18.7. The number of rotatable bonds is 6. The molecule has 2 amide bonds. The lowest BCUT2D eigenvalue weighted by molar-refractivity contribution is 0.0876.